The fourth-order valence-corrected chi connectivity index (χ4v) is 6.81. The summed E-state index contributed by atoms with van der Waals surface area (Å²) in [6.45, 7) is 3.78. The summed E-state index contributed by atoms with van der Waals surface area (Å²) in [6, 6.07) is 17.2. The Morgan fingerprint density at radius 3 is 2.34 bits per heavy atom. The highest BCUT2D eigenvalue weighted by molar-refractivity contribution is 7.93. The van der Waals surface area contributed by atoms with Crippen molar-refractivity contribution < 1.29 is 27.9 Å². The van der Waals surface area contributed by atoms with E-state index in [4.69, 9.17) is 23.2 Å². The van der Waals surface area contributed by atoms with Crippen molar-refractivity contribution in [3.05, 3.63) is 88.4 Å². The van der Waals surface area contributed by atoms with Crippen LogP contribution in [0.15, 0.2) is 77.7 Å². The molecule has 2 unspecified atom stereocenters. The van der Waals surface area contributed by atoms with Crippen molar-refractivity contribution >= 4 is 62.4 Å². The molecule has 216 valence electrons. The lowest BCUT2D eigenvalue weighted by atomic mass is 10.0. The SMILES string of the molecule is CC(C)C(C(=O)O)N(c1cccc(Cl)c1)S(=O)(=O)c1cccc(NC(=O)C2CC(=O)N(Cc3ccc(Cl)cc3)C2)c1. The Morgan fingerprint density at radius 1 is 1.02 bits per heavy atom. The molecule has 1 heterocycles. The molecule has 0 saturated carbocycles. The number of amides is 2. The van der Waals surface area contributed by atoms with Gasteiger partial charge in [-0.1, -0.05) is 61.3 Å². The standard InChI is InChI=1S/C29H29Cl2N3O6S/c1-18(2)27(29(37)38)34(24-7-3-5-22(31)14-24)41(39,40)25-8-4-6-23(15-25)32-28(36)20-13-26(35)33(17-20)16-19-9-11-21(30)12-10-19/h3-12,14-15,18,20,27H,13,16-17H2,1-2H3,(H,32,36)(H,37,38). The maximum atomic E-state index is 13.9. The largest absolute Gasteiger partial charge is 0.480 e. The first kappa shape index (κ1) is 30.4. The lowest BCUT2D eigenvalue weighted by Gasteiger charge is -2.32. The van der Waals surface area contributed by atoms with Crippen LogP contribution in [0.1, 0.15) is 25.8 Å². The Labute approximate surface area is 248 Å². The second kappa shape index (κ2) is 12.5. The van der Waals surface area contributed by atoms with Crippen LogP contribution in [-0.4, -0.2) is 48.8 Å². The number of carboxylic acids is 1. The molecule has 9 nitrogen and oxygen atoms in total. The molecule has 3 aromatic rings. The van der Waals surface area contributed by atoms with Gasteiger partial charge in [0.05, 0.1) is 16.5 Å². The molecule has 1 aliphatic rings. The molecule has 2 atom stereocenters. The van der Waals surface area contributed by atoms with Gasteiger partial charge in [0.1, 0.15) is 6.04 Å². The molecule has 12 heteroatoms. The number of benzene rings is 3. The number of carbonyl (C=O) groups is 3. The predicted molar refractivity (Wildman–Crippen MR) is 157 cm³/mol. The number of carboxylic acid groups (broad SMARTS) is 1. The Balaban J connectivity index is 1.56. The Hall–Kier alpha value is -3.60. The summed E-state index contributed by atoms with van der Waals surface area (Å²) in [5, 5.41) is 13.5. The third-order valence-corrected chi connectivity index (χ3v) is 9.02. The maximum absolute atomic E-state index is 13.9. The van der Waals surface area contributed by atoms with E-state index in [1.54, 1.807) is 36.9 Å². The number of anilines is 2. The molecule has 2 amide bonds. The Bertz CT molecular complexity index is 1560. The highest BCUT2D eigenvalue weighted by atomic mass is 35.5. The number of carbonyl (C=O) groups excluding carboxylic acids is 2. The van der Waals surface area contributed by atoms with Crippen LogP contribution in [0, 0.1) is 11.8 Å². The van der Waals surface area contributed by atoms with E-state index in [1.165, 1.54) is 42.5 Å². The van der Waals surface area contributed by atoms with E-state index in [-0.39, 0.29) is 40.2 Å². The molecule has 2 N–H and O–H groups in total. The minimum Gasteiger partial charge on any atom is -0.480 e. The third-order valence-electron chi connectivity index (χ3n) is 6.73. The van der Waals surface area contributed by atoms with Crippen LogP contribution in [0.2, 0.25) is 10.0 Å². The van der Waals surface area contributed by atoms with Crippen LogP contribution in [0.3, 0.4) is 0 Å². The summed E-state index contributed by atoms with van der Waals surface area (Å²) < 4.78 is 28.7. The van der Waals surface area contributed by atoms with E-state index in [1.807, 2.05) is 12.1 Å². The minimum atomic E-state index is -4.42. The molecule has 0 radical (unpaired) electrons. The molecule has 0 aliphatic carbocycles. The van der Waals surface area contributed by atoms with E-state index in [0.29, 0.717) is 11.6 Å². The Morgan fingerprint density at radius 2 is 1.71 bits per heavy atom. The van der Waals surface area contributed by atoms with Crippen LogP contribution in [0.4, 0.5) is 11.4 Å². The first-order chi connectivity index (χ1) is 19.4. The number of nitrogens with zero attached hydrogens (tertiary/aromatic N) is 2. The normalized spacial score (nSPS) is 16.1. The zero-order valence-electron chi connectivity index (χ0n) is 22.3. The van der Waals surface area contributed by atoms with E-state index in [9.17, 15) is 27.9 Å². The van der Waals surface area contributed by atoms with E-state index >= 15 is 0 Å². The quantitative estimate of drug-likeness (QED) is 0.319. The van der Waals surface area contributed by atoms with Gasteiger partial charge in [-0.05, 0) is 60.0 Å². The molecule has 4 rings (SSSR count). The molecule has 3 aromatic carbocycles. The van der Waals surface area contributed by atoms with Crippen molar-refractivity contribution in [1.29, 1.82) is 0 Å². The molecular formula is C29H29Cl2N3O6S. The highest BCUT2D eigenvalue weighted by Crippen LogP contribution is 2.32. The van der Waals surface area contributed by atoms with Crippen molar-refractivity contribution in [2.45, 2.75) is 37.8 Å². The van der Waals surface area contributed by atoms with Gasteiger partial charge in [0, 0.05) is 35.2 Å². The van der Waals surface area contributed by atoms with Crippen molar-refractivity contribution in [2.24, 2.45) is 11.8 Å². The third kappa shape index (κ3) is 7.01. The zero-order valence-corrected chi connectivity index (χ0v) is 24.7. The first-order valence-electron chi connectivity index (χ1n) is 12.8. The number of hydrogen-bond donors (Lipinski definition) is 2. The number of aliphatic carboxylic acids is 1. The topological polar surface area (TPSA) is 124 Å². The lowest BCUT2D eigenvalue weighted by Crippen LogP contribution is -2.48. The van der Waals surface area contributed by atoms with Gasteiger partial charge < -0.3 is 15.3 Å². The number of rotatable bonds is 10. The summed E-state index contributed by atoms with van der Waals surface area (Å²) in [7, 11) is -4.42. The summed E-state index contributed by atoms with van der Waals surface area (Å²) in [4.78, 5) is 39.3. The summed E-state index contributed by atoms with van der Waals surface area (Å²) >= 11 is 12.0. The predicted octanol–water partition coefficient (Wildman–Crippen LogP) is 5.29. The smallest absolute Gasteiger partial charge is 0.327 e. The molecule has 0 spiro atoms. The van der Waals surface area contributed by atoms with E-state index in [2.05, 4.69) is 5.32 Å². The Kier molecular flexibility index (Phi) is 9.26. The molecule has 0 aromatic heterocycles. The molecule has 0 bridgehead atoms. The van der Waals surface area contributed by atoms with E-state index < -0.39 is 39.8 Å². The van der Waals surface area contributed by atoms with Crippen molar-refractivity contribution in [1.82, 2.24) is 4.90 Å². The van der Waals surface area contributed by atoms with Crippen LogP contribution < -0.4 is 9.62 Å². The van der Waals surface area contributed by atoms with Crippen LogP contribution in [-0.2, 0) is 31.0 Å². The van der Waals surface area contributed by atoms with Gasteiger partial charge in [0.15, 0.2) is 0 Å². The summed E-state index contributed by atoms with van der Waals surface area (Å²) in [6.07, 6.45) is 0.0225. The van der Waals surface area contributed by atoms with Gasteiger partial charge in [-0.25, -0.2) is 13.2 Å². The fourth-order valence-electron chi connectivity index (χ4n) is 4.72. The maximum Gasteiger partial charge on any atom is 0.327 e. The van der Waals surface area contributed by atoms with Gasteiger partial charge in [0.2, 0.25) is 11.8 Å². The first-order valence-corrected chi connectivity index (χ1v) is 15.0. The average Bonchev–Trinajstić information content (AvgIpc) is 3.28. The van der Waals surface area contributed by atoms with Crippen molar-refractivity contribution in [3.8, 4) is 0 Å². The minimum absolute atomic E-state index is 0.0225. The van der Waals surface area contributed by atoms with Crippen LogP contribution >= 0.6 is 23.2 Å². The van der Waals surface area contributed by atoms with Gasteiger partial charge in [-0.2, -0.15) is 0 Å². The van der Waals surface area contributed by atoms with E-state index in [0.717, 1.165) is 9.87 Å². The molecule has 41 heavy (non-hydrogen) atoms. The van der Waals surface area contributed by atoms with Gasteiger partial charge in [0.25, 0.3) is 10.0 Å². The van der Waals surface area contributed by atoms with Crippen molar-refractivity contribution in [2.75, 3.05) is 16.2 Å². The highest BCUT2D eigenvalue weighted by Gasteiger charge is 2.39. The summed E-state index contributed by atoms with van der Waals surface area (Å²) in [5.41, 5.74) is 1.17. The number of nitrogens with one attached hydrogen (secondary N) is 1. The number of sulfonamides is 1. The van der Waals surface area contributed by atoms with Gasteiger partial charge in [-0.3, -0.25) is 13.9 Å². The second-order valence-electron chi connectivity index (χ2n) is 10.1. The molecular weight excluding hydrogens is 589 g/mol. The summed E-state index contributed by atoms with van der Waals surface area (Å²) in [5.74, 6) is -3.12. The lowest BCUT2D eigenvalue weighted by molar-refractivity contribution is -0.139. The fraction of sp³-hybridized carbons (Fsp3) is 0.276. The van der Waals surface area contributed by atoms with Gasteiger partial charge in [-0.15, -0.1) is 0 Å². The zero-order chi connectivity index (χ0) is 29.9. The number of hydrogen-bond acceptors (Lipinski definition) is 5. The van der Waals surface area contributed by atoms with Crippen LogP contribution in [0.25, 0.3) is 0 Å². The van der Waals surface area contributed by atoms with Crippen LogP contribution in [0.5, 0.6) is 0 Å². The van der Waals surface area contributed by atoms with Gasteiger partial charge >= 0.3 is 5.97 Å². The number of halogens is 2. The molecule has 1 fully saturated rings. The number of likely N-dealkylation sites (tertiary alicyclic amines) is 1. The van der Waals surface area contributed by atoms with Crippen molar-refractivity contribution in [3.63, 3.8) is 0 Å². The molecule has 1 saturated heterocycles. The second-order valence-corrected chi connectivity index (χ2v) is 12.8. The monoisotopic (exact) mass is 617 g/mol. The average molecular weight is 619 g/mol. The molecule has 1 aliphatic heterocycles.